The van der Waals surface area contributed by atoms with Crippen molar-refractivity contribution in [3.05, 3.63) is 28.8 Å². The van der Waals surface area contributed by atoms with E-state index in [2.05, 4.69) is 15.5 Å². The molecule has 19 heavy (non-hydrogen) atoms. The normalized spacial score (nSPS) is 12.4. The van der Waals surface area contributed by atoms with Gasteiger partial charge < -0.3 is 5.11 Å². The molecule has 1 aromatic carbocycles. The molecule has 0 bridgehead atoms. The summed E-state index contributed by atoms with van der Waals surface area (Å²) in [6.07, 6.45) is 0. The molecule has 0 fully saturated rings. The van der Waals surface area contributed by atoms with E-state index in [0.717, 1.165) is 11.1 Å². The van der Waals surface area contributed by atoms with Gasteiger partial charge in [-0.05, 0) is 35.0 Å². The number of halogens is 1. The molecule has 2 rings (SSSR count). The molecule has 0 aliphatic carbocycles. The second kappa shape index (κ2) is 5.36. The van der Waals surface area contributed by atoms with Gasteiger partial charge in [-0.25, -0.2) is 4.68 Å². The molecule has 2 aromatic rings. The summed E-state index contributed by atoms with van der Waals surface area (Å²) in [6.45, 7) is 3.74. The number of benzene rings is 1. The monoisotopic (exact) mass is 280 g/mol. The van der Waals surface area contributed by atoms with Crippen LogP contribution in [0.1, 0.15) is 12.5 Å². The van der Waals surface area contributed by atoms with Crippen LogP contribution >= 0.6 is 11.6 Å². The molecule has 1 unspecified atom stereocenters. The predicted molar refractivity (Wildman–Crippen MR) is 69.8 cm³/mol. The smallest absolute Gasteiger partial charge is 0.308 e. The van der Waals surface area contributed by atoms with Crippen molar-refractivity contribution >= 4 is 17.6 Å². The maximum atomic E-state index is 10.9. The Labute approximate surface area is 115 Å². The Morgan fingerprint density at radius 2 is 2.26 bits per heavy atom. The van der Waals surface area contributed by atoms with Crippen molar-refractivity contribution in [1.29, 1.82) is 0 Å². The molecule has 100 valence electrons. The zero-order valence-corrected chi connectivity index (χ0v) is 11.3. The summed E-state index contributed by atoms with van der Waals surface area (Å²) in [5.74, 6) is -0.931. The fraction of sp³-hybridized carbons (Fsp3) is 0.333. The van der Waals surface area contributed by atoms with Crippen LogP contribution in [0.25, 0.3) is 11.4 Å². The number of rotatable bonds is 4. The molecular weight excluding hydrogens is 268 g/mol. The molecule has 7 heteroatoms. The van der Waals surface area contributed by atoms with Crippen LogP contribution in [0.4, 0.5) is 0 Å². The Morgan fingerprint density at radius 1 is 1.53 bits per heavy atom. The molecule has 1 aromatic heterocycles. The summed E-state index contributed by atoms with van der Waals surface area (Å²) >= 11 is 5.97. The Balaban J connectivity index is 2.39. The van der Waals surface area contributed by atoms with Gasteiger partial charge in [-0.3, -0.25) is 4.79 Å². The number of tetrazole rings is 1. The molecule has 0 spiro atoms. The Bertz CT molecular complexity index is 612. The van der Waals surface area contributed by atoms with Crippen molar-refractivity contribution in [3.63, 3.8) is 0 Å². The van der Waals surface area contributed by atoms with Crippen LogP contribution in [0.15, 0.2) is 18.2 Å². The number of hydrogen-bond acceptors (Lipinski definition) is 4. The summed E-state index contributed by atoms with van der Waals surface area (Å²) in [5, 5.41) is 20.9. The molecule has 6 nitrogen and oxygen atoms in total. The molecule has 1 N–H and O–H groups in total. The van der Waals surface area contributed by atoms with Gasteiger partial charge in [-0.15, -0.1) is 5.10 Å². The topological polar surface area (TPSA) is 80.9 Å². The van der Waals surface area contributed by atoms with Crippen molar-refractivity contribution in [2.75, 3.05) is 0 Å². The van der Waals surface area contributed by atoms with E-state index in [0.29, 0.717) is 10.8 Å². The lowest BCUT2D eigenvalue weighted by Gasteiger charge is -2.09. The zero-order chi connectivity index (χ0) is 14.0. The molecule has 1 atom stereocenters. The summed E-state index contributed by atoms with van der Waals surface area (Å²) in [7, 11) is 0. The highest BCUT2D eigenvalue weighted by Gasteiger charge is 2.17. The van der Waals surface area contributed by atoms with Crippen LogP contribution in [0.5, 0.6) is 0 Å². The first kappa shape index (κ1) is 13.5. The Hall–Kier alpha value is -1.95. The van der Waals surface area contributed by atoms with Crippen LogP contribution in [0, 0.1) is 12.8 Å². The minimum atomic E-state index is -0.885. The molecule has 0 saturated heterocycles. The third-order valence-electron chi connectivity index (χ3n) is 2.84. The fourth-order valence-corrected chi connectivity index (χ4v) is 1.87. The minimum absolute atomic E-state index is 0.212. The van der Waals surface area contributed by atoms with Gasteiger partial charge in [-0.2, -0.15) is 0 Å². The highest BCUT2D eigenvalue weighted by molar-refractivity contribution is 6.30. The lowest BCUT2D eigenvalue weighted by molar-refractivity contribution is -0.141. The number of carboxylic acids is 1. The van der Waals surface area contributed by atoms with Crippen LogP contribution in [-0.2, 0) is 11.3 Å². The molecule has 0 amide bonds. The number of aryl methyl sites for hydroxylation is 1. The van der Waals surface area contributed by atoms with Crippen molar-refractivity contribution in [2.45, 2.75) is 20.4 Å². The average molecular weight is 281 g/mol. The van der Waals surface area contributed by atoms with Crippen molar-refractivity contribution in [3.8, 4) is 11.4 Å². The van der Waals surface area contributed by atoms with Gasteiger partial charge in [0.15, 0.2) is 5.82 Å². The maximum absolute atomic E-state index is 10.9. The largest absolute Gasteiger partial charge is 0.481 e. The number of carbonyl (C=O) groups is 1. The zero-order valence-electron chi connectivity index (χ0n) is 10.5. The predicted octanol–water partition coefficient (Wildman–Crippen LogP) is 2.02. The van der Waals surface area contributed by atoms with Crippen LogP contribution in [0.3, 0.4) is 0 Å². The van der Waals surface area contributed by atoms with Crippen molar-refractivity contribution in [2.24, 2.45) is 5.92 Å². The van der Waals surface area contributed by atoms with Gasteiger partial charge >= 0.3 is 5.97 Å². The van der Waals surface area contributed by atoms with E-state index >= 15 is 0 Å². The molecular formula is C12H13ClN4O2. The van der Waals surface area contributed by atoms with Gasteiger partial charge in [-0.1, -0.05) is 24.6 Å². The number of carboxylic acid groups (broad SMARTS) is 1. The molecule has 0 radical (unpaired) electrons. The van der Waals surface area contributed by atoms with E-state index in [9.17, 15) is 4.79 Å². The number of hydrogen-bond donors (Lipinski definition) is 1. The highest BCUT2D eigenvalue weighted by atomic mass is 35.5. The average Bonchev–Trinajstić information content (AvgIpc) is 2.80. The van der Waals surface area contributed by atoms with Gasteiger partial charge in [0.05, 0.1) is 12.5 Å². The van der Waals surface area contributed by atoms with Gasteiger partial charge in [0.25, 0.3) is 0 Å². The van der Waals surface area contributed by atoms with E-state index in [4.69, 9.17) is 16.7 Å². The second-order valence-corrected chi connectivity index (χ2v) is 4.82. The highest BCUT2D eigenvalue weighted by Crippen LogP contribution is 2.24. The molecule has 1 heterocycles. The number of aromatic nitrogens is 4. The van der Waals surface area contributed by atoms with E-state index in [-0.39, 0.29) is 6.54 Å². The van der Waals surface area contributed by atoms with E-state index < -0.39 is 11.9 Å². The molecule has 0 saturated carbocycles. The van der Waals surface area contributed by atoms with Crippen LogP contribution in [0.2, 0.25) is 5.02 Å². The van der Waals surface area contributed by atoms with E-state index in [1.165, 1.54) is 4.68 Å². The molecule has 0 aliphatic rings. The summed E-state index contributed by atoms with van der Waals surface area (Å²) < 4.78 is 1.48. The van der Waals surface area contributed by atoms with E-state index in [1.807, 2.05) is 13.0 Å². The summed E-state index contributed by atoms with van der Waals surface area (Å²) in [4.78, 5) is 10.9. The Morgan fingerprint density at radius 3 is 2.95 bits per heavy atom. The first-order valence-corrected chi connectivity index (χ1v) is 6.12. The lowest BCUT2D eigenvalue weighted by atomic mass is 10.1. The third-order valence-corrected chi connectivity index (χ3v) is 3.08. The van der Waals surface area contributed by atoms with Gasteiger partial charge in [0, 0.05) is 10.6 Å². The first-order valence-electron chi connectivity index (χ1n) is 5.74. The van der Waals surface area contributed by atoms with Crippen LogP contribution in [-0.4, -0.2) is 31.3 Å². The second-order valence-electron chi connectivity index (χ2n) is 4.38. The quantitative estimate of drug-likeness (QED) is 0.927. The van der Waals surface area contributed by atoms with Crippen LogP contribution < -0.4 is 0 Å². The minimum Gasteiger partial charge on any atom is -0.481 e. The van der Waals surface area contributed by atoms with E-state index in [1.54, 1.807) is 19.1 Å². The van der Waals surface area contributed by atoms with Crippen molar-refractivity contribution < 1.29 is 9.90 Å². The summed E-state index contributed by atoms with van der Waals surface area (Å²) in [6, 6.07) is 5.43. The number of nitrogens with zero attached hydrogens (tertiary/aromatic N) is 4. The van der Waals surface area contributed by atoms with Gasteiger partial charge in [0.1, 0.15) is 0 Å². The maximum Gasteiger partial charge on any atom is 0.308 e. The Kier molecular flexibility index (Phi) is 3.80. The summed E-state index contributed by atoms with van der Waals surface area (Å²) in [5.41, 5.74) is 1.78. The SMILES string of the molecule is Cc1ccc(Cl)cc1-c1nnnn1CC(C)C(=O)O. The van der Waals surface area contributed by atoms with Gasteiger partial charge in [0.2, 0.25) is 0 Å². The standard InChI is InChI=1S/C12H13ClN4O2/c1-7-3-4-9(13)5-10(7)11-14-15-16-17(11)6-8(2)12(18)19/h3-5,8H,6H2,1-2H3,(H,18,19). The fourth-order valence-electron chi connectivity index (χ4n) is 1.69. The lowest BCUT2D eigenvalue weighted by Crippen LogP contribution is -2.18. The molecule has 0 aliphatic heterocycles. The van der Waals surface area contributed by atoms with Crippen molar-refractivity contribution in [1.82, 2.24) is 20.2 Å². The third kappa shape index (κ3) is 2.90. The first-order chi connectivity index (χ1) is 8.99. The number of aliphatic carboxylic acids is 1.